The summed E-state index contributed by atoms with van der Waals surface area (Å²) >= 11 is 0. The standard InChI is InChI=1S/C19H20FNO3S/c1-3-11-21(13-17-8-4-5-10-18(17)20)19(22)16-9-6-7-15(12-16)14-25(2,23)24/h3-10,12H,1,11,13-14H2,2H3. The molecule has 6 heteroatoms. The molecule has 0 unspecified atom stereocenters. The van der Waals surface area contributed by atoms with Crippen LogP contribution in [0.3, 0.4) is 0 Å². The summed E-state index contributed by atoms with van der Waals surface area (Å²) in [5, 5.41) is 0. The molecule has 25 heavy (non-hydrogen) atoms. The van der Waals surface area contributed by atoms with Gasteiger partial charge in [0, 0.05) is 30.5 Å². The molecule has 0 aliphatic carbocycles. The van der Waals surface area contributed by atoms with Crippen molar-refractivity contribution in [2.75, 3.05) is 12.8 Å². The molecule has 2 rings (SSSR count). The Morgan fingerprint density at radius 2 is 1.92 bits per heavy atom. The summed E-state index contributed by atoms with van der Waals surface area (Å²) in [6.07, 6.45) is 2.71. The maximum Gasteiger partial charge on any atom is 0.254 e. The highest BCUT2D eigenvalue weighted by Gasteiger charge is 2.17. The van der Waals surface area contributed by atoms with Gasteiger partial charge in [-0.15, -0.1) is 6.58 Å². The van der Waals surface area contributed by atoms with Crippen molar-refractivity contribution in [3.63, 3.8) is 0 Å². The first kappa shape index (κ1) is 18.9. The summed E-state index contributed by atoms with van der Waals surface area (Å²) in [6.45, 7) is 4.00. The Bertz CT molecular complexity index is 878. The van der Waals surface area contributed by atoms with Crippen molar-refractivity contribution in [2.45, 2.75) is 12.3 Å². The third-order valence-corrected chi connectivity index (χ3v) is 4.42. The monoisotopic (exact) mass is 361 g/mol. The Labute approximate surface area is 147 Å². The van der Waals surface area contributed by atoms with Gasteiger partial charge < -0.3 is 4.90 Å². The SMILES string of the molecule is C=CCN(Cc1ccccc1F)C(=O)c1cccc(CS(C)(=O)=O)c1. The second kappa shape index (κ2) is 8.07. The molecular formula is C19H20FNO3S. The topological polar surface area (TPSA) is 54.5 Å². The molecule has 0 atom stereocenters. The highest BCUT2D eigenvalue weighted by atomic mass is 32.2. The fraction of sp³-hybridized carbons (Fsp3) is 0.211. The Hall–Kier alpha value is -2.47. The van der Waals surface area contributed by atoms with Gasteiger partial charge in [-0.1, -0.05) is 36.4 Å². The van der Waals surface area contributed by atoms with E-state index in [0.717, 1.165) is 6.26 Å². The maximum absolute atomic E-state index is 13.9. The van der Waals surface area contributed by atoms with E-state index >= 15 is 0 Å². The van der Waals surface area contributed by atoms with Crippen LogP contribution < -0.4 is 0 Å². The molecule has 0 N–H and O–H groups in total. The predicted molar refractivity (Wildman–Crippen MR) is 96.3 cm³/mol. The molecule has 0 spiro atoms. The lowest BCUT2D eigenvalue weighted by Gasteiger charge is -2.22. The van der Waals surface area contributed by atoms with E-state index in [1.54, 1.807) is 48.5 Å². The van der Waals surface area contributed by atoms with Crippen LogP contribution in [0.2, 0.25) is 0 Å². The molecule has 0 saturated carbocycles. The fourth-order valence-corrected chi connectivity index (χ4v) is 3.27. The smallest absolute Gasteiger partial charge is 0.254 e. The minimum atomic E-state index is -3.19. The number of rotatable bonds is 7. The first-order valence-corrected chi connectivity index (χ1v) is 9.76. The molecular weight excluding hydrogens is 341 g/mol. The molecule has 0 radical (unpaired) electrons. The molecule has 0 aliphatic heterocycles. The van der Waals surface area contributed by atoms with Crippen molar-refractivity contribution in [1.29, 1.82) is 0 Å². The largest absolute Gasteiger partial charge is 0.331 e. The van der Waals surface area contributed by atoms with Crippen LogP contribution in [0.1, 0.15) is 21.5 Å². The lowest BCUT2D eigenvalue weighted by atomic mass is 10.1. The second-order valence-corrected chi connectivity index (χ2v) is 7.98. The average molecular weight is 361 g/mol. The van der Waals surface area contributed by atoms with E-state index in [-0.39, 0.29) is 30.6 Å². The minimum absolute atomic E-state index is 0.105. The lowest BCUT2D eigenvalue weighted by Crippen LogP contribution is -2.31. The summed E-state index contributed by atoms with van der Waals surface area (Å²) < 4.78 is 36.8. The number of sulfone groups is 1. The number of halogens is 1. The number of amides is 1. The summed E-state index contributed by atoms with van der Waals surface area (Å²) in [5.74, 6) is -0.822. The Balaban J connectivity index is 2.27. The molecule has 2 aromatic rings. The minimum Gasteiger partial charge on any atom is -0.331 e. The number of carbonyl (C=O) groups excluding carboxylic acids is 1. The Kier molecular flexibility index (Phi) is 6.09. The predicted octanol–water partition coefficient (Wildman–Crippen LogP) is 3.20. The van der Waals surface area contributed by atoms with Crippen LogP contribution in [-0.2, 0) is 22.1 Å². The van der Waals surface area contributed by atoms with Crippen molar-refractivity contribution in [3.8, 4) is 0 Å². The van der Waals surface area contributed by atoms with Gasteiger partial charge in [0.1, 0.15) is 5.82 Å². The van der Waals surface area contributed by atoms with E-state index in [4.69, 9.17) is 0 Å². The molecule has 132 valence electrons. The molecule has 1 amide bonds. The van der Waals surface area contributed by atoms with Crippen LogP contribution in [0, 0.1) is 5.82 Å². The zero-order chi connectivity index (χ0) is 18.4. The summed E-state index contributed by atoms with van der Waals surface area (Å²) in [5.41, 5.74) is 1.31. The van der Waals surface area contributed by atoms with Gasteiger partial charge in [-0.2, -0.15) is 0 Å². The highest BCUT2D eigenvalue weighted by molar-refractivity contribution is 7.89. The van der Waals surface area contributed by atoms with E-state index < -0.39 is 9.84 Å². The van der Waals surface area contributed by atoms with Gasteiger partial charge in [0.15, 0.2) is 9.84 Å². The first-order chi connectivity index (χ1) is 11.8. The third-order valence-electron chi connectivity index (χ3n) is 3.56. The Morgan fingerprint density at radius 1 is 1.20 bits per heavy atom. The van der Waals surface area contributed by atoms with Gasteiger partial charge >= 0.3 is 0 Å². The van der Waals surface area contributed by atoms with Crippen LogP contribution in [0.15, 0.2) is 61.2 Å². The summed E-state index contributed by atoms with van der Waals surface area (Å²) in [4.78, 5) is 14.2. The molecule has 0 saturated heterocycles. The quantitative estimate of drug-likeness (QED) is 0.712. The van der Waals surface area contributed by atoms with E-state index in [1.807, 2.05) is 0 Å². The zero-order valence-corrected chi connectivity index (χ0v) is 14.8. The van der Waals surface area contributed by atoms with Crippen molar-refractivity contribution >= 4 is 15.7 Å². The Morgan fingerprint density at radius 3 is 2.56 bits per heavy atom. The fourth-order valence-electron chi connectivity index (χ4n) is 2.49. The second-order valence-electron chi connectivity index (χ2n) is 5.84. The van der Waals surface area contributed by atoms with Gasteiger partial charge in [-0.25, -0.2) is 12.8 Å². The number of hydrogen-bond donors (Lipinski definition) is 0. The highest BCUT2D eigenvalue weighted by Crippen LogP contribution is 2.15. The van der Waals surface area contributed by atoms with Gasteiger partial charge in [-0.3, -0.25) is 4.79 Å². The summed E-state index contributed by atoms with van der Waals surface area (Å²) in [6, 6.07) is 12.7. The van der Waals surface area contributed by atoms with Gasteiger partial charge in [0.2, 0.25) is 0 Å². The van der Waals surface area contributed by atoms with E-state index in [0.29, 0.717) is 16.7 Å². The zero-order valence-electron chi connectivity index (χ0n) is 14.0. The number of hydrogen-bond acceptors (Lipinski definition) is 3. The molecule has 2 aromatic carbocycles. The number of nitrogens with zero attached hydrogens (tertiary/aromatic N) is 1. The van der Waals surface area contributed by atoms with Crippen LogP contribution in [0.25, 0.3) is 0 Å². The molecule has 0 bridgehead atoms. The molecule has 0 fully saturated rings. The van der Waals surface area contributed by atoms with Crippen LogP contribution in [0.4, 0.5) is 4.39 Å². The third kappa shape index (κ3) is 5.53. The van der Waals surface area contributed by atoms with Crippen molar-refractivity contribution in [2.24, 2.45) is 0 Å². The lowest BCUT2D eigenvalue weighted by molar-refractivity contribution is 0.0761. The normalized spacial score (nSPS) is 11.1. The average Bonchev–Trinajstić information content (AvgIpc) is 2.54. The number of carbonyl (C=O) groups is 1. The van der Waals surface area contributed by atoms with Gasteiger partial charge in [0.25, 0.3) is 5.91 Å². The molecule has 0 aliphatic rings. The van der Waals surface area contributed by atoms with E-state index in [1.165, 1.54) is 11.0 Å². The molecule has 4 nitrogen and oxygen atoms in total. The van der Waals surface area contributed by atoms with Crippen molar-refractivity contribution < 1.29 is 17.6 Å². The molecule has 0 heterocycles. The van der Waals surface area contributed by atoms with Crippen molar-refractivity contribution in [3.05, 3.63) is 83.7 Å². The van der Waals surface area contributed by atoms with E-state index in [9.17, 15) is 17.6 Å². The van der Waals surface area contributed by atoms with Crippen LogP contribution in [-0.4, -0.2) is 32.0 Å². The van der Waals surface area contributed by atoms with Gasteiger partial charge in [0.05, 0.1) is 5.75 Å². The number of benzene rings is 2. The van der Waals surface area contributed by atoms with E-state index in [2.05, 4.69) is 6.58 Å². The molecule has 0 aromatic heterocycles. The van der Waals surface area contributed by atoms with Crippen LogP contribution in [0.5, 0.6) is 0 Å². The van der Waals surface area contributed by atoms with Gasteiger partial charge in [-0.05, 0) is 23.8 Å². The first-order valence-electron chi connectivity index (χ1n) is 7.70. The maximum atomic E-state index is 13.9. The summed E-state index contributed by atoms with van der Waals surface area (Å²) in [7, 11) is -3.19. The van der Waals surface area contributed by atoms with Crippen molar-refractivity contribution in [1.82, 2.24) is 4.90 Å². The van der Waals surface area contributed by atoms with Crippen LogP contribution >= 0.6 is 0 Å².